The molecule has 2 amide bonds. The first-order valence-corrected chi connectivity index (χ1v) is 11.2. The smallest absolute Gasteiger partial charge is 0.242 e. The van der Waals surface area contributed by atoms with E-state index >= 15 is 0 Å². The van der Waals surface area contributed by atoms with Gasteiger partial charge in [-0.2, -0.15) is 0 Å². The lowest BCUT2D eigenvalue weighted by Gasteiger charge is -2.22. The molecule has 0 aliphatic rings. The average Bonchev–Trinajstić information content (AvgIpc) is 3.05. The van der Waals surface area contributed by atoms with Crippen molar-refractivity contribution in [2.24, 2.45) is 23.3 Å². The molecule has 0 bridgehead atoms. The van der Waals surface area contributed by atoms with E-state index < -0.39 is 12.1 Å². The molecule has 0 radical (unpaired) electrons. The number of thiophene rings is 1. The number of amides is 2. The standard InChI is InChI=1S/C21H38N4O2S/c1-14(2)12-18(23)20(26)25-19(13-15(3)4)21(27)24-11-9-17-8-7-16(28-17)6-5-10-22/h7-8,14-15,18-19H,5-6,9-13,22-23H2,1-4H3,(H,24,27)(H,25,26)/t18-,19+/m1/s1. The molecule has 0 aliphatic carbocycles. The minimum absolute atomic E-state index is 0.140. The zero-order chi connectivity index (χ0) is 21.1. The Morgan fingerprint density at radius 1 is 1.00 bits per heavy atom. The van der Waals surface area contributed by atoms with E-state index in [1.165, 1.54) is 9.75 Å². The van der Waals surface area contributed by atoms with Gasteiger partial charge in [0.15, 0.2) is 0 Å². The maximum atomic E-state index is 12.6. The van der Waals surface area contributed by atoms with E-state index in [0.717, 1.165) is 19.3 Å². The van der Waals surface area contributed by atoms with E-state index in [1.54, 1.807) is 11.3 Å². The zero-order valence-electron chi connectivity index (χ0n) is 17.8. The highest BCUT2D eigenvalue weighted by atomic mass is 32.1. The number of hydrogen-bond acceptors (Lipinski definition) is 5. The molecule has 1 aromatic heterocycles. The fourth-order valence-electron chi connectivity index (χ4n) is 3.00. The van der Waals surface area contributed by atoms with Crippen molar-refractivity contribution in [3.63, 3.8) is 0 Å². The SMILES string of the molecule is CC(C)C[C@@H](N)C(=O)N[C@@H](CC(C)C)C(=O)NCCc1ccc(CCCN)s1. The molecule has 0 unspecified atom stereocenters. The van der Waals surface area contributed by atoms with Crippen LogP contribution in [0, 0.1) is 11.8 Å². The Balaban J connectivity index is 2.52. The lowest BCUT2D eigenvalue weighted by atomic mass is 10.0. The highest BCUT2D eigenvalue weighted by Crippen LogP contribution is 2.18. The Morgan fingerprint density at radius 2 is 1.61 bits per heavy atom. The van der Waals surface area contributed by atoms with E-state index in [9.17, 15) is 9.59 Å². The van der Waals surface area contributed by atoms with Crippen LogP contribution in [0.2, 0.25) is 0 Å². The van der Waals surface area contributed by atoms with Crippen LogP contribution >= 0.6 is 11.3 Å². The van der Waals surface area contributed by atoms with E-state index in [1.807, 2.05) is 27.7 Å². The highest BCUT2D eigenvalue weighted by Gasteiger charge is 2.24. The minimum Gasteiger partial charge on any atom is -0.354 e. The van der Waals surface area contributed by atoms with Crippen molar-refractivity contribution in [2.75, 3.05) is 13.1 Å². The summed E-state index contributed by atoms with van der Waals surface area (Å²) in [6.45, 7) is 9.38. The van der Waals surface area contributed by atoms with Gasteiger partial charge in [0.1, 0.15) is 6.04 Å². The molecule has 0 spiro atoms. The van der Waals surface area contributed by atoms with Gasteiger partial charge < -0.3 is 22.1 Å². The van der Waals surface area contributed by atoms with Crippen molar-refractivity contribution in [2.45, 2.75) is 71.9 Å². The first kappa shape index (κ1) is 24.6. The molecule has 1 aromatic rings. The molecular formula is C21H38N4O2S. The maximum absolute atomic E-state index is 12.6. The van der Waals surface area contributed by atoms with Crippen LogP contribution in [-0.4, -0.2) is 37.0 Å². The number of carbonyl (C=O) groups excluding carboxylic acids is 2. The van der Waals surface area contributed by atoms with Crippen molar-refractivity contribution >= 4 is 23.2 Å². The predicted molar refractivity (Wildman–Crippen MR) is 117 cm³/mol. The normalized spacial score (nSPS) is 13.6. The van der Waals surface area contributed by atoms with Gasteiger partial charge in [0.25, 0.3) is 0 Å². The lowest BCUT2D eigenvalue weighted by Crippen LogP contribution is -2.52. The maximum Gasteiger partial charge on any atom is 0.242 e. The van der Waals surface area contributed by atoms with Gasteiger partial charge in [0, 0.05) is 16.3 Å². The Kier molecular flexibility index (Phi) is 11.3. The van der Waals surface area contributed by atoms with Crippen LogP contribution in [0.3, 0.4) is 0 Å². The third kappa shape index (κ3) is 9.66. The van der Waals surface area contributed by atoms with Crippen LogP contribution in [-0.2, 0) is 22.4 Å². The molecule has 2 atom stereocenters. The largest absolute Gasteiger partial charge is 0.354 e. The van der Waals surface area contributed by atoms with Crippen molar-refractivity contribution in [1.82, 2.24) is 10.6 Å². The molecule has 7 heteroatoms. The average molecular weight is 411 g/mol. The quantitative estimate of drug-likeness (QED) is 0.399. The van der Waals surface area contributed by atoms with Crippen LogP contribution in [0.1, 0.15) is 56.7 Å². The fourth-order valence-corrected chi connectivity index (χ4v) is 4.06. The molecule has 0 fully saturated rings. The second-order valence-corrected chi connectivity index (χ2v) is 9.48. The number of hydrogen-bond donors (Lipinski definition) is 4. The highest BCUT2D eigenvalue weighted by molar-refractivity contribution is 7.11. The van der Waals surface area contributed by atoms with Gasteiger partial charge in [-0.1, -0.05) is 27.7 Å². The summed E-state index contributed by atoms with van der Waals surface area (Å²) < 4.78 is 0. The first-order valence-electron chi connectivity index (χ1n) is 10.3. The molecule has 0 aromatic carbocycles. The summed E-state index contributed by atoms with van der Waals surface area (Å²) in [6, 6.07) is 3.12. The van der Waals surface area contributed by atoms with Gasteiger partial charge in [0.05, 0.1) is 6.04 Å². The van der Waals surface area contributed by atoms with E-state index in [2.05, 4.69) is 22.8 Å². The van der Waals surface area contributed by atoms with E-state index in [-0.39, 0.29) is 11.8 Å². The van der Waals surface area contributed by atoms with Gasteiger partial charge in [-0.3, -0.25) is 9.59 Å². The van der Waals surface area contributed by atoms with Crippen molar-refractivity contribution < 1.29 is 9.59 Å². The summed E-state index contributed by atoms with van der Waals surface area (Å²) in [4.78, 5) is 27.5. The van der Waals surface area contributed by atoms with Gasteiger partial charge in [0.2, 0.25) is 11.8 Å². The summed E-state index contributed by atoms with van der Waals surface area (Å²) in [5.74, 6) is 0.231. The third-order valence-corrected chi connectivity index (χ3v) is 5.62. The van der Waals surface area contributed by atoms with Gasteiger partial charge >= 0.3 is 0 Å². The summed E-state index contributed by atoms with van der Waals surface area (Å²) in [6.07, 6.45) is 3.98. The van der Waals surface area contributed by atoms with E-state index in [4.69, 9.17) is 11.5 Å². The number of nitrogens with two attached hydrogens (primary N) is 2. The van der Waals surface area contributed by atoms with Crippen molar-refractivity contribution in [1.29, 1.82) is 0 Å². The lowest BCUT2D eigenvalue weighted by molar-refractivity contribution is -0.130. The molecule has 1 heterocycles. The summed E-state index contributed by atoms with van der Waals surface area (Å²) in [5.41, 5.74) is 11.5. The number of rotatable bonds is 13. The van der Waals surface area contributed by atoms with Crippen molar-refractivity contribution in [3.8, 4) is 0 Å². The van der Waals surface area contributed by atoms with E-state index in [0.29, 0.717) is 37.8 Å². The fraction of sp³-hybridized carbons (Fsp3) is 0.714. The molecule has 28 heavy (non-hydrogen) atoms. The Hall–Kier alpha value is -1.44. The number of carbonyl (C=O) groups is 2. The van der Waals surface area contributed by atoms with Crippen molar-refractivity contribution in [3.05, 3.63) is 21.9 Å². The van der Waals surface area contributed by atoms with Crippen LogP contribution in [0.15, 0.2) is 12.1 Å². The molecule has 0 aliphatic heterocycles. The molecule has 6 nitrogen and oxygen atoms in total. The molecule has 6 N–H and O–H groups in total. The van der Waals surface area contributed by atoms with Gasteiger partial charge in [-0.15, -0.1) is 11.3 Å². The topological polar surface area (TPSA) is 110 Å². The Bertz CT molecular complexity index is 601. The monoisotopic (exact) mass is 410 g/mol. The first-order chi connectivity index (χ1) is 13.2. The predicted octanol–water partition coefficient (Wildman–Crippen LogP) is 2.20. The second kappa shape index (κ2) is 12.9. The Labute approximate surface area is 173 Å². The molecular weight excluding hydrogens is 372 g/mol. The second-order valence-electron chi connectivity index (χ2n) is 8.23. The molecule has 0 saturated heterocycles. The molecule has 0 saturated carbocycles. The van der Waals surface area contributed by atoms with Gasteiger partial charge in [-0.25, -0.2) is 0 Å². The zero-order valence-corrected chi connectivity index (χ0v) is 18.6. The van der Waals surface area contributed by atoms with Crippen LogP contribution < -0.4 is 22.1 Å². The number of nitrogens with one attached hydrogen (secondary N) is 2. The van der Waals surface area contributed by atoms with Gasteiger partial charge in [-0.05, 0) is 62.6 Å². The Morgan fingerprint density at radius 3 is 2.18 bits per heavy atom. The third-order valence-electron chi connectivity index (χ3n) is 4.42. The van der Waals surface area contributed by atoms with Crippen LogP contribution in [0.25, 0.3) is 0 Å². The number of aryl methyl sites for hydroxylation is 1. The molecule has 1 rings (SSSR count). The minimum atomic E-state index is -0.583. The summed E-state index contributed by atoms with van der Waals surface area (Å²) in [7, 11) is 0. The van der Waals surface area contributed by atoms with Crippen LogP contribution in [0.5, 0.6) is 0 Å². The van der Waals surface area contributed by atoms with Crippen LogP contribution in [0.4, 0.5) is 0 Å². The summed E-state index contributed by atoms with van der Waals surface area (Å²) >= 11 is 1.77. The summed E-state index contributed by atoms with van der Waals surface area (Å²) in [5, 5.41) is 5.81. The molecule has 160 valence electrons.